The smallest absolute Gasteiger partial charge is 0.335 e. The predicted molar refractivity (Wildman–Crippen MR) is 107 cm³/mol. The number of benzene rings is 2. The van der Waals surface area contributed by atoms with Crippen LogP contribution >= 0.6 is 0 Å². The van der Waals surface area contributed by atoms with Crippen molar-refractivity contribution < 1.29 is 24.4 Å². The van der Waals surface area contributed by atoms with Crippen LogP contribution in [0, 0.1) is 10.1 Å². The number of nitrogens with one attached hydrogen (secondary N) is 1. The van der Waals surface area contributed by atoms with Gasteiger partial charge in [-0.15, -0.1) is 0 Å². The maximum atomic E-state index is 13.2. The summed E-state index contributed by atoms with van der Waals surface area (Å²) in [5.74, 6) is -1.36. The van der Waals surface area contributed by atoms with Crippen LogP contribution in [-0.4, -0.2) is 40.0 Å². The van der Waals surface area contributed by atoms with Crippen molar-refractivity contribution >= 4 is 29.4 Å². The Balaban J connectivity index is 2.15. The Morgan fingerprint density at radius 1 is 1.17 bits per heavy atom. The van der Waals surface area contributed by atoms with E-state index in [1.165, 1.54) is 37.1 Å². The van der Waals surface area contributed by atoms with Crippen molar-refractivity contribution in [2.75, 3.05) is 11.9 Å². The summed E-state index contributed by atoms with van der Waals surface area (Å²) in [6, 6.07) is 10.7. The second-order valence-electron chi connectivity index (χ2n) is 6.58. The van der Waals surface area contributed by atoms with Crippen LogP contribution in [0.1, 0.15) is 18.5 Å². The average Bonchev–Trinajstić information content (AvgIpc) is 2.72. The Kier molecular flexibility index (Phi) is 5.50. The molecule has 3 rings (SSSR count). The fourth-order valence-corrected chi connectivity index (χ4v) is 3.26. The van der Waals surface area contributed by atoms with E-state index < -0.39 is 29.0 Å². The van der Waals surface area contributed by atoms with Gasteiger partial charge in [0.1, 0.15) is 6.04 Å². The first-order valence-electron chi connectivity index (χ1n) is 8.83. The highest BCUT2D eigenvalue weighted by Crippen LogP contribution is 2.36. The molecular weight excluding hydrogens is 392 g/mol. The largest absolute Gasteiger partial charge is 0.478 e. The summed E-state index contributed by atoms with van der Waals surface area (Å²) in [5.41, 5.74) is 0.117. The van der Waals surface area contributed by atoms with E-state index in [2.05, 4.69) is 5.32 Å². The summed E-state index contributed by atoms with van der Waals surface area (Å²) in [6.07, 6.45) is 0. The summed E-state index contributed by atoms with van der Waals surface area (Å²) in [5, 5.41) is 23.4. The molecule has 2 N–H and O–H groups in total. The van der Waals surface area contributed by atoms with E-state index >= 15 is 0 Å². The van der Waals surface area contributed by atoms with Gasteiger partial charge in [0.05, 0.1) is 10.5 Å². The molecule has 0 radical (unpaired) electrons. The van der Waals surface area contributed by atoms with Crippen LogP contribution in [0.2, 0.25) is 0 Å². The van der Waals surface area contributed by atoms with Gasteiger partial charge in [0.2, 0.25) is 0 Å². The van der Waals surface area contributed by atoms with Crippen LogP contribution in [0.4, 0.5) is 21.0 Å². The molecule has 0 fully saturated rings. The van der Waals surface area contributed by atoms with Crippen molar-refractivity contribution in [3.63, 3.8) is 0 Å². The van der Waals surface area contributed by atoms with Gasteiger partial charge in [-0.2, -0.15) is 0 Å². The Morgan fingerprint density at radius 2 is 1.83 bits per heavy atom. The minimum Gasteiger partial charge on any atom is -0.478 e. The minimum atomic E-state index is -1.36. The third-order valence-electron chi connectivity index (χ3n) is 4.71. The van der Waals surface area contributed by atoms with Crippen LogP contribution in [0.3, 0.4) is 0 Å². The van der Waals surface area contributed by atoms with Gasteiger partial charge in [-0.1, -0.05) is 30.3 Å². The molecule has 30 heavy (non-hydrogen) atoms. The van der Waals surface area contributed by atoms with Gasteiger partial charge in [0.25, 0.3) is 5.69 Å². The SMILES string of the molecule is CC1=C(C(=O)O)C(c2cccc([N+](=O)[O-])c2)N(C(=O)N(C)c2ccccc2)C(=O)N1. The molecule has 10 heteroatoms. The number of rotatable bonds is 4. The first-order valence-corrected chi connectivity index (χ1v) is 8.83. The first kappa shape index (κ1) is 20.5. The fraction of sp³-hybridized carbons (Fsp3) is 0.150. The molecule has 1 aliphatic heterocycles. The van der Waals surface area contributed by atoms with Crippen LogP contribution in [0.25, 0.3) is 0 Å². The molecule has 154 valence electrons. The number of urea groups is 2. The maximum absolute atomic E-state index is 13.2. The Bertz CT molecular complexity index is 1070. The van der Waals surface area contributed by atoms with Crippen LogP contribution in [-0.2, 0) is 4.79 Å². The minimum absolute atomic E-state index is 0.0513. The van der Waals surface area contributed by atoms with Crippen molar-refractivity contribution in [1.29, 1.82) is 0 Å². The molecule has 10 nitrogen and oxygen atoms in total. The van der Waals surface area contributed by atoms with Gasteiger partial charge < -0.3 is 10.4 Å². The molecular formula is C20H18N4O6. The number of carboxylic acid groups (broad SMARTS) is 1. The molecule has 1 atom stereocenters. The van der Waals surface area contributed by atoms with E-state index in [-0.39, 0.29) is 22.5 Å². The maximum Gasteiger partial charge on any atom is 0.335 e. The van der Waals surface area contributed by atoms with Crippen molar-refractivity contribution in [2.45, 2.75) is 13.0 Å². The van der Waals surface area contributed by atoms with Crippen LogP contribution in [0.15, 0.2) is 65.9 Å². The zero-order valence-corrected chi connectivity index (χ0v) is 16.1. The zero-order chi connectivity index (χ0) is 22.0. The molecule has 0 aliphatic carbocycles. The number of hydrogen-bond acceptors (Lipinski definition) is 5. The molecule has 1 heterocycles. The number of carbonyl (C=O) groups excluding carboxylic acids is 2. The van der Waals surface area contributed by atoms with E-state index in [0.29, 0.717) is 5.69 Å². The number of aliphatic carboxylic acids is 1. The molecule has 2 aromatic carbocycles. The van der Waals surface area contributed by atoms with E-state index in [0.717, 1.165) is 11.0 Å². The molecule has 0 spiro atoms. The predicted octanol–water partition coefficient (Wildman–Crippen LogP) is 3.28. The average molecular weight is 410 g/mol. The van der Waals surface area contributed by atoms with Crippen LogP contribution in [0.5, 0.6) is 0 Å². The monoisotopic (exact) mass is 410 g/mol. The Labute approximate surface area is 171 Å². The third-order valence-corrected chi connectivity index (χ3v) is 4.71. The molecule has 0 saturated carbocycles. The zero-order valence-electron chi connectivity index (χ0n) is 16.1. The number of allylic oxidation sites excluding steroid dienone is 1. The Hall–Kier alpha value is -4.21. The van der Waals surface area contributed by atoms with E-state index in [1.54, 1.807) is 30.3 Å². The summed E-state index contributed by atoms with van der Waals surface area (Å²) in [6.45, 7) is 1.40. The van der Waals surface area contributed by atoms with Crippen molar-refractivity contribution in [3.8, 4) is 0 Å². The van der Waals surface area contributed by atoms with Gasteiger partial charge in [-0.05, 0) is 24.6 Å². The van der Waals surface area contributed by atoms with E-state index in [1.807, 2.05) is 0 Å². The Morgan fingerprint density at radius 3 is 2.43 bits per heavy atom. The van der Waals surface area contributed by atoms with Gasteiger partial charge in [-0.3, -0.25) is 15.0 Å². The third kappa shape index (κ3) is 3.70. The molecule has 2 aromatic rings. The quantitative estimate of drug-likeness (QED) is 0.587. The number of carbonyl (C=O) groups is 3. The van der Waals surface area contributed by atoms with Gasteiger partial charge >= 0.3 is 18.0 Å². The number of anilines is 1. The molecule has 0 saturated heterocycles. The van der Waals surface area contributed by atoms with Gasteiger partial charge in [-0.25, -0.2) is 19.3 Å². The number of imide groups is 1. The lowest BCUT2D eigenvalue weighted by molar-refractivity contribution is -0.384. The van der Waals surface area contributed by atoms with Crippen molar-refractivity contribution in [3.05, 3.63) is 81.5 Å². The van der Waals surface area contributed by atoms with Gasteiger partial charge in [0.15, 0.2) is 0 Å². The lowest BCUT2D eigenvalue weighted by Gasteiger charge is -2.37. The number of hydrogen-bond donors (Lipinski definition) is 2. The summed E-state index contributed by atoms with van der Waals surface area (Å²) in [4.78, 5) is 50.5. The number of nitrogens with zero attached hydrogens (tertiary/aromatic N) is 3. The number of non-ortho nitro benzene ring substituents is 1. The molecule has 1 unspecified atom stereocenters. The van der Waals surface area contributed by atoms with E-state index in [9.17, 15) is 29.6 Å². The second kappa shape index (κ2) is 8.03. The lowest BCUT2D eigenvalue weighted by atomic mass is 9.93. The second-order valence-corrected chi connectivity index (χ2v) is 6.58. The number of amides is 4. The highest BCUT2D eigenvalue weighted by atomic mass is 16.6. The van der Waals surface area contributed by atoms with Crippen molar-refractivity contribution in [2.24, 2.45) is 0 Å². The highest BCUT2D eigenvalue weighted by molar-refractivity contribution is 6.06. The number of nitro benzene ring substituents is 1. The number of para-hydroxylation sites is 1. The van der Waals surface area contributed by atoms with Crippen molar-refractivity contribution in [1.82, 2.24) is 10.2 Å². The summed E-state index contributed by atoms with van der Waals surface area (Å²) >= 11 is 0. The molecule has 4 amide bonds. The number of carboxylic acids is 1. The molecule has 1 aliphatic rings. The molecule has 0 bridgehead atoms. The summed E-state index contributed by atoms with van der Waals surface area (Å²) in [7, 11) is 1.45. The summed E-state index contributed by atoms with van der Waals surface area (Å²) < 4.78 is 0. The highest BCUT2D eigenvalue weighted by Gasteiger charge is 2.43. The van der Waals surface area contributed by atoms with Crippen LogP contribution < -0.4 is 10.2 Å². The van der Waals surface area contributed by atoms with Gasteiger partial charge in [0, 0.05) is 30.6 Å². The first-order chi connectivity index (χ1) is 14.2. The lowest BCUT2D eigenvalue weighted by Crippen LogP contribution is -2.54. The topological polar surface area (TPSA) is 133 Å². The fourth-order valence-electron chi connectivity index (χ4n) is 3.26. The molecule has 0 aromatic heterocycles. The van der Waals surface area contributed by atoms with E-state index in [4.69, 9.17) is 0 Å². The normalized spacial score (nSPS) is 16.1. The number of nitro groups is 1. The standard InChI is InChI=1S/C20H18N4O6/c1-12-16(18(25)26)17(13-7-6-10-15(11-13)24(29)30)23(19(27)21-12)20(28)22(2)14-8-4-3-5-9-14/h3-11,17H,1-2H3,(H,21,27)(H,25,26).